The molecule has 1 rings (SSSR count). The molecule has 106 valence electrons. The zero-order valence-electron chi connectivity index (χ0n) is 11.8. The average Bonchev–Trinajstić information content (AvgIpc) is 2.33. The molecule has 0 aliphatic carbocycles. The molecule has 0 aliphatic heterocycles. The number of hydrogen-bond acceptors (Lipinski definition) is 4. The van der Waals surface area contributed by atoms with Crippen molar-refractivity contribution in [1.82, 2.24) is 0 Å². The van der Waals surface area contributed by atoms with E-state index in [0.29, 0.717) is 18.8 Å². The van der Waals surface area contributed by atoms with Crippen molar-refractivity contribution in [3.63, 3.8) is 0 Å². The van der Waals surface area contributed by atoms with E-state index in [-0.39, 0.29) is 5.91 Å². The predicted octanol–water partition coefficient (Wildman–Crippen LogP) is 1.98. The first kappa shape index (κ1) is 15.1. The fourth-order valence-corrected chi connectivity index (χ4v) is 1.44. The Bertz CT molecular complexity index is 444. The molecule has 5 nitrogen and oxygen atoms in total. The summed E-state index contributed by atoms with van der Waals surface area (Å²) in [5.74, 6) is 0.382. The highest BCUT2D eigenvalue weighted by atomic mass is 16.5. The molecule has 0 fully saturated rings. The topological polar surface area (TPSA) is 90.4 Å². The van der Waals surface area contributed by atoms with Crippen molar-refractivity contribution in [2.45, 2.75) is 27.2 Å². The van der Waals surface area contributed by atoms with Crippen LogP contribution in [-0.4, -0.2) is 19.1 Å². The highest BCUT2D eigenvalue weighted by molar-refractivity contribution is 5.80. The van der Waals surface area contributed by atoms with E-state index in [9.17, 15) is 4.79 Å². The number of amides is 1. The van der Waals surface area contributed by atoms with Crippen molar-refractivity contribution < 1.29 is 9.53 Å². The third kappa shape index (κ3) is 4.69. The fourth-order valence-electron chi connectivity index (χ4n) is 1.44. The van der Waals surface area contributed by atoms with Crippen LogP contribution in [-0.2, 0) is 4.79 Å². The van der Waals surface area contributed by atoms with Crippen molar-refractivity contribution in [1.29, 1.82) is 0 Å². The van der Waals surface area contributed by atoms with Crippen LogP contribution in [0.2, 0.25) is 0 Å². The summed E-state index contributed by atoms with van der Waals surface area (Å²) in [5, 5.41) is 3.16. The molecule has 0 radical (unpaired) electrons. The van der Waals surface area contributed by atoms with Gasteiger partial charge in [-0.25, -0.2) is 0 Å². The second kappa shape index (κ2) is 6.31. The number of carbonyl (C=O) groups excluding carboxylic acids is 1. The van der Waals surface area contributed by atoms with E-state index in [0.717, 1.165) is 17.9 Å². The minimum Gasteiger partial charge on any atom is -0.493 e. The Morgan fingerprint density at radius 1 is 1.37 bits per heavy atom. The Hall–Kier alpha value is -1.91. The van der Waals surface area contributed by atoms with Crippen LogP contribution in [0.4, 0.5) is 11.4 Å². The summed E-state index contributed by atoms with van der Waals surface area (Å²) in [6.45, 7) is 6.72. The first-order chi connectivity index (χ1) is 8.85. The minimum absolute atomic E-state index is 0.341. The smallest absolute Gasteiger partial charge is 0.224 e. The lowest BCUT2D eigenvalue weighted by Crippen LogP contribution is -2.37. The summed E-state index contributed by atoms with van der Waals surface area (Å²) >= 11 is 0. The van der Waals surface area contributed by atoms with E-state index < -0.39 is 5.41 Å². The quantitative estimate of drug-likeness (QED) is 0.657. The maximum atomic E-state index is 11.3. The van der Waals surface area contributed by atoms with Gasteiger partial charge in [0.2, 0.25) is 5.91 Å². The zero-order valence-corrected chi connectivity index (χ0v) is 11.8. The molecule has 1 aromatic carbocycles. The summed E-state index contributed by atoms with van der Waals surface area (Å²) in [5.41, 5.74) is 12.0. The molecule has 5 heteroatoms. The lowest BCUT2D eigenvalue weighted by atomic mass is 9.92. The molecule has 5 N–H and O–H groups in total. The molecule has 0 bridgehead atoms. The molecule has 19 heavy (non-hydrogen) atoms. The Labute approximate surface area is 114 Å². The van der Waals surface area contributed by atoms with Crippen molar-refractivity contribution >= 4 is 17.3 Å². The van der Waals surface area contributed by atoms with Gasteiger partial charge in [-0.15, -0.1) is 0 Å². The van der Waals surface area contributed by atoms with Gasteiger partial charge in [-0.3, -0.25) is 4.79 Å². The second-order valence-electron chi connectivity index (χ2n) is 5.24. The number of hydrogen-bond donors (Lipinski definition) is 3. The van der Waals surface area contributed by atoms with Gasteiger partial charge in [-0.1, -0.05) is 6.92 Å². The molecule has 1 aromatic rings. The maximum absolute atomic E-state index is 11.3. The number of nitrogens with two attached hydrogens (primary N) is 2. The van der Waals surface area contributed by atoms with Crippen LogP contribution in [0.25, 0.3) is 0 Å². The molecular formula is C14H23N3O2. The lowest BCUT2D eigenvalue weighted by Gasteiger charge is -2.21. The van der Waals surface area contributed by atoms with Gasteiger partial charge in [0.25, 0.3) is 0 Å². The monoisotopic (exact) mass is 265 g/mol. The number of rotatable bonds is 7. The molecule has 1 amide bonds. The number of nitrogens with one attached hydrogen (secondary N) is 1. The van der Waals surface area contributed by atoms with Crippen LogP contribution in [0.1, 0.15) is 27.2 Å². The molecular weight excluding hydrogens is 242 g/mol. The summed E-state index contributed by atoms with van der Waals surface area (Å²) in [7, 11) is 0. The first-order valence-electron chi connectivity index (χ1n) is 6.42. The van der Waals surface area contributed by atoms with Gasteiger partial charge in [0.15, 0.2) is 0 Å². The number of benzene rings is 1. The van der Waals surface area contributed by atoms with Crippen molar-refractivity contribution in [2.75, 3.05) is 24.2 Å². The number of anilines is 2. The van der Waals surface area contributed by atoms with Gasteiger partial charge in [0.1, 0.15) is 5.75 Å². The van der Waals surface area contributed by atoms with Gasteiger partial charge in [0, 0.05) is 30.1 Å². The van der Waals surface area contributed by atoms with Crippen LogP contribution in [0.3, 0.4) is 0 Å². The molecule has 0 atom stereocenters. The second-order valence-corrected chi connectivity index (χ2v) is 5.24. The normalized spacial score (nSPS) is 11.1. The third-order valence-corrected chi connectivity index (χ3v) is 2.80. The molecule has 0 spiro atoms. The van der Waals surface area contributed by atoms with Gasteiger partial charge >= 0.3 is 0 Å². The van der Waals surface area contributed by atoms with E-state index in [1.165, 1.54) is 0 Å². The van der Waals surface area contributed by atoms with Crippen molar-refractivity contribution in [2.24, 2.45) is 11.1 Å². The summed E-state index contributed by atoms with van der Waals surface area (Å²) in [6, 6.07) is 5.44. The van der Waals surface area contributed by atoms with Gasteiger partial charge < -0.3 is 21.5 Å². The van der Waals surface area contributed by atoms with Gasteiger partial charge in [-0.2, -0.15) is 0 Å². The van der Waals surface area contributed by atoms with Crippen molar-refractivity contribution in [3.05, 3.63) is 18.2 Å². The van der Waals surface area contributed by atoms with E-state index in [1.54, 1.807) is 26.0 Å². The van der Waals surface area contributed by atoms with Crippen LogP contribution in [0.15, 0.2) is 18.2 Å². The van der Waals surface area contributed by atoms with Gasteiger partial charge in [-0.05, 0) is 26.3 Å². The van der Waals surface area contributed by atoms with Gasteiger partial charge in [0.05, 0.1) is 12.0 Å². The molecule has 0 unspecified atom stereocenters. The zero-order chi connectivity index (χ0) is 14.5. The Kier molecular flexibility index (Phi) is 5.03. The van der Waals surface area contributed by atoms with Crippen LogP contribution in [0.5, 0.6) is 5.75 Å². The van der Waals surface area contributed by atoms with Crippen LogP contribution >= 0.6 is 0 Å². The average molecular weight is 265 g/mol. The maximum Gasteiger partial charge on any atom is 0.224 e. The third-order valence-electron chi connectivity index (χ3n) is 2.80. The van der Waals surface area contributed by atoms with Crippen molar-refractivity contribution in [3.8, 4) is 5.75 Å². The Morgan fingerprint density at radius 3 is 2.63 bits per heavy atom. The number of primary amides is 1. The lowest BCUT2D eigenvalue weighted by molar-refractivity contribution is -0.125. The van der Waals surface area contributed by atoms with E-state index in [1.807, 2.05) is 13.0 Å². The predicted molar refractivity (Wildman–Crippen MR) is 78.1 cm³/mol. The largest absolute Gasteiger partial charge is 0.493 e. The Morgan fingerprint density at radius 2 is 2.05 bits per heavy atom. The Balaban J connectivity index is 2.73. The molecule has 0 aliphatic rings. The van der Waals surface area contributed by atoms with Crippen LogP contribution in [0, 0.1) is 5.41 Å². The highest BCUT2D eigenvalue weighted by Gasteiger charge is 2.24. The number of ether oxygens (including phenoxy) is 1. The number of carbonyl (C=O) groups is 1. The van der Waals surface area contributed by atoms with E-state index in [2.05, 4.69) is 5.32 Å². The van der Waals surface area contributed by atoms with E-state index in [4.69, 9.17) is 16.2 Å². The summed E-state index contributed by atoms with van der Waals surface area (Å²) in [6.07, 6.45) is 0.937. The minimum atomic E-state index is -0.616. The molecule has 0 saturated carbocycles. The van der Waals surface area contributed by atoms with Crippen LogP contribution < -0.4 is 21.5 Å². The molecule has 0 saturated heterocycles. The summed E-state index contributed by atoms with van der Waals surface area (Å²) in [4.78, 5) is 11.3. The SMILES string of the molecule is CCCOc1cc(N)cc(NCC(C)(C)C(N)=O)c1. The van der Waals surface area contributed by atoms with E-state index >= 15 is 0 Å². The standard InChI is InChI=1S/C14H23N3O2/c1-4-5-19-12-7-10(15)6-11(8-12)17-9-14(2,3)13(16)18/h6-8,17H,4-5,9,15H2,1-3H3,(H2,16,18). The number of nitrogen functional groups attached to an aromatic ring is 1. The summed E-state index contributed by atoms with van der Waals surface area (Å²) < 4.78 is 5.54. The molecule has 0 heterocycles. The molecule has 0 aromatic heterocycles. The highest BCUT2D eigenvalue weighted by Crippen LogP contribution is 2.24. The fraction of sp³-hybridized carbons (Fsp3) is 0.500. The first-order valence-corrected chi connectivity index (χ1v) is 6.42.